The fraction of sp³-hybridized carbons (Fsp3) is 0.286. The summed E-state index contributed by atoms with van der Waals surface area (Å²) in [5.74, 6) is 0.700. The molecule has 19 heavy (non-hydrogen) atoms. The highest BCUT2D eigenvalue weighted by molar-refractivity contribution is 6.32. The Morgan fingerprint density at radius 1 is 1.21 bits per heavy atom. The lowest BCUT2D eigenvalue weighted by atomic mass is 10.2. The second-order valence-corrected chi connectivity index (χ2v) is 4.67. The monoisotopic (exact) mass is 276 g/mol. The lowest BCUT2D eigenvalue weighted by molar-refractivity contribution is 0.754. The van der Waals surface area contributed by atoms with E-state index in [0.717, 1.165) is 19.5 Å². The number of benzene rings is 1. The SMILES string of the molecule is CCCN(Cc1ccccc1)c1ncnc(Cl)c1N. The number of aromatic nitrogens is 2. The van der Waals surface area contributed by atoms with Gasteiger partial charge in [0.05, 0.1) is 0 Å². The Hall–Kier alpha value is -1.81. The first kappa shape index (κ1) is 13.6. The summed E-state index contributed by atoms with van der Waals surface area (Å²) < 4.78 is 0. The third kappa shape index (κ3) is 3.35. The van der Waals surface area contributed by atoms with Crippen LogP contribution in [0, 0.1) is 0 Å². The van der Waals surface area contributed by atoms with E-state index in [1.807, 2.05) is 18.2 Å². The third-order valence-corrected chi connectivity index (χ3v) is 3.12. The highest BCUT2D eigenvalue weighted by atomic mass is 35.5. The van der Waals surface area contributed by atoms with Crippen LogP contribution in [-0.4, -0.2) is 16.5 Å². The number of halogens is 1. The van der Waals surface area contributed by atoms with Gasteiger partial charge in [-0.15, -0.1) is 0 Å². The van der Waals surface area contributed by atoms with Gasteiger partial charge in [-0.05, 0) is 12.0 Å². The van der Waals surface area contributed by atoms with Crippen molar-refractivity contribution in [1.29, 1.82) is 0 Å². The summed E-state index contributed by atoms with van der Waals surface area (Å²) in [5.41, 5.74) is 7.62. The molecule has 0 spiro atoms. The van der Waals surface area contributed by atoms with Crippen LogP contribution in [0.25, 0.3) is 0 Å². The number of hydrogen-bond donors (Lipinski definition) is 1. The number of nitrogen functional groups attached to an aromatic ring is 1. The molecule has 0 saturated heterocycles. The van der Waals surface area contributed by atoms with Crippen LogP contribution in [0.5, 0.6) is 0 Å². The molecule has 100 valence electrons. The molecule has 4 nitrogen and oxygen atoms in total. The molecule has 0 aliphatic rings. The third-order valence-electron chi connectivity index (χ3n) is 2.82. The maximum absolute atomic E-state index is 5.97. The highest BCUT2D eigenvalue weighted by Gasteiger charge is 2.13. The Morgan fingerprint density at radius 3 is 2.63 bits per heavy atom. The molecule has 0 amide bonds. The first-order valence-electron chi connectivity index (χ1n) is 6.27. The van der Waals surface area contributed by atoms with Gasteiger partial charge in [-0.1, -0.05) is 48.9 Å². The van der Waals surface area contributed by atoms with Crippen molar-refractivity contribution >= 4 is 23.1 Å². The van der Waals surface area contributed by atoms with Crippen LogP contribution in [0.2, 0.25) is 5.15 Å². The number of rotatable bonds is 5. The predicted octanol–water partition coefficient (Wildman–Crippen LogP) is 3.13. The Morgan fingerprint density at radius 2 is 1.95 bits per heavy atom. The molecule has 0 bridgehead atoms. The van der Waals surface area contributed by atoms with E-state index in [2.05, 4.69) is 33.9 Å². The average molecular weight is 277 g/mol. The Balaban J connectivity index is 2.27. The van der Waals surface area contributed by atoms with Crippen LogP contribution in [0.3, 0.4) is 0 Å². The fourth-order valence-electron chi connectivity index (χ4n) is 1.95. The van der Waals surface area contributed by atoms with Crippen LogP contribution in [0.4, 0.5) is 11.5 Å². The van der Waals surface area contributed by atoms with Crippen molar-refractivity contribution in [1.82, 2.24) is 9.97 Å². The second-order valence-electron chi connectivity index (χ2n) is 4.31. The van der Waals surface area contributed by atoms with Gasteiger partial charge in [0.25, 0.3) is 0 Å². The molecule has 0 radical (unpaired) electrons. The van der Waals surface area contributed by atoms with Crippen molar-refractivity contribution in [3.63, 3.8) is 0 Å². The van der Waals surface area contributed by atoms with E-state index in [0.29, 0.717) is 16.7 Å². The van der Waals surface area contributed by atoms with E-state index in [-0.39, 0.29) is 0 Å². The van der Waals surface area contributed by atoms with E-state index in [9.17, 15) is 0 Å². The van der Waals surface area contributed by atoms with Gasteiger partial charge in [0.15, 0.2) is 11.0 Å². The fourth-order valence-corrected chi connectivity index (χ4v) is 2.08. The molecule has 0 aliphatic heterocycles. The number of anilines is 2. The topological polar surface area (TPSA) is 55.0 Å². The molecule has 0 fully saturated rings. The first-order valence-corrected chi connectivity index (χ1v) is 6.65. The smallest absolute Gasteiger partial charge is 0.157 e. The zero-order chi connectivity index (χ0) is 13.7. The first-order chi connectivity index (χ1) is 9.22. The second kappa shape index (κ2) is 6.38. The Labute approximate surface area is 118 Å². The van der Waals surface area contributed by atoms with Crippen molar-refractivity contribution in [3.8, 4) is 0 Å². The molecule has 2 rings (SSSR count). The van der Waals surface area contributed by atoms with Gasteiger partial charge in [0.2, 0.25) is 0 Å². The minimum absolute atomic E-state index is 0.305. The summed E-state index contributed by atoms with van der Waals surface area (Å²) in [6.45, 7) is 3.75. The van der Waals surface area contributed by atoms with Gasteiger partial charge in [-0.2, -0.15) is 0 Å². The molecule has 5 heteroatoms. The van der Waals surface area contributed by atoms with Gasteiger partial charge in [-0.25, -0.2) is 9.97 Å². The molecule has 0 aliphatic carbocycles. The number of nitrogens with two attached hydrogens (primary N) is 1. The molecule has 1 aromatic carbocycles. The number of hydrogen-bond acceptors (Lipinski definition) is 4. The van der Waals surface area contributed by atoms with Crippen LogP contribution in [-0.2, 0) is 6.54 Å². The minimum Gasteiger partial charge on any atom is -0.393 e. The van der Waals surface area contributed by atoms with Gasteiger partial charge in [-0.3, -0.25) is 0 Å². The van der Waals surface area contributed by atoms with Crippen LogP contribution >= 0.6 is 11.6 Å². The summed E-state index contributed by atoms with van der Waals surface area (Å²) in [6, 6.07) is 10.2. The Kier molecular flexibility index (Phi) is 4.58. The average Bonchev–Trinajstić information content (AvgIpc) is 2.43. The lowest BCUT2D eigenvalue weighted by Gasteiger charge is -2.24. The number of nitrogens with zero attached hydrogens (tertiary/aromatic N) is 3. The van der Waals surface area contributed by atoms with Gasteiger partial charge in [0, 0.05) is 13.1 Å². The van der Waals surface area contributed by atoms with Crippen molar-refractivity contribution in [2.75, 3.05) is 17.2 Å². The molecular weight excluding hydrogens is 260 g/mol. The summed E-state index contributed by atoms with van der Waals surface area (Å²) in [7, 11) is 0. The summed E-state index contributed by atoms with van der Waals surface area (Å²) in [5, 5.41) is 0.305. The predicted molar refractivity (Wildman–Crippen MR) is 79.2 cm³/mol. The van der Waals surface area contributed by atoms with Gasteiger partial charge >= 0.3 is 0 Å². The highest BCUT2D eigenvalue weighted by Crippen LogP contribution is 2.27. The zero-order valence-corrected chi connectivity index (χ0v) is 11.6. The molecule has 1 aromatic heterocycles. The van der Waals surface area contributed by atoms with E-state index in [1.54, 1.807) is 0 Å². The summed E-state index contributed by atoms with van der Waals surface area (Å²) in [6.07, 6.45) is 2.45. The van der Waals surface area contributed by atoms with Crippen molar-refractivity contribution in [2.24, 2.45) is 0 Å². The maximum atomic E-state index is 5.97. The van der Waals surface area contributed by atoms with Gasteiger partial charge < -0.3 is 10.6 Å². The minimum atomic E-state index is 0.305. The lowest BCUT2D eigenvalue weighted by Crippen LogP contribution is -2.25. The molecular formula is C14H17ClN4. The van der Waals surface area contributed by atoms with Crippen molar-refractivity contribution < 1.29 is 0 Å². The summed E-state index contributed by atoms with van der Waals surface area (Å²) in [4.78, 5) is 10.3. The molecule has 1 heterocycles. The molecule has 0 unspecified atom stereocenters. The maximum Gasteiger partial charge on any atom is 0.157 e. The normalized spacial score (nSPS) is 10.4. The largest absolute Gasteiger partial charge is 0.393 e. The zero-order valence-electron chi connectivity index (χ0n) is 10.9. The molecule has 0 atom stereocenters. The van der Waals surface area contributed by atoms with E-state index in [4.69, 9.17) is 17.3 Å². The van der Waals surface area contributed by atoms with Crippen molar-refractivity contribution in [2.45, 2.75) is 19.9 Å². The van der Waals surface area contributed by atoms with E-state index in [1.165, 1.54) is 11.9 Å². The van der Waals surface area contributed by atoms with Gasteiger partial charge in [0.1, 0.15) is 12.0 Å². The van der Waals surface area contributed by atoms with E-state index >= 15 is 0 Å². The standard InChI is InChI=1S/C14H17ClN4/c1-2-8-19(9-11-6-4-3-5-7-11)14-12(16)13(15)17-10-18-14/h3-7,10H,2,8-9,16H2,1H3. The van der Waals surface area contributed by atoms with Crippen LogP contribution in [0.1, 0.15) is 18.9 Å². The van der Waals surface area contributed by atoms with Crippen LogP contribution in [0.15, 0.2) is 36.7 Å². The molecule has 2 N–H and O–H groups in total. The van der Waals surface area contributed by atoms with E-state index < -0.39 is 0 Å². The van der Waals surface area contributed by atoms with Crippen LogP contribution < -0.4 is 10.6 Å². The van der Waals surface area contributed by atoms with Crippen molar-refractivity contribution in [3.05, 3.63) is 47.4 Å². The Bertz CT molecular complexity index is 530. The molecule has 0 saturated carbocycles. The summed E-state index contributed by atoms with van der Waals surface area (Å²) >= 11 is 5.96. The molecule has 2 aromatic rings. The quantitative estimate of drug-likeness (QED) is 0.853.